The minimum absolute atomic E-state index is 0.00375. The third-order valence-electron chi connectivity index (χ3n) is 7.47. The predicted molar refractivity (Wildman–Crippen MR) is 154 cm³/mol. The molecule has 2 aliphatic rings. The molecule has 13 nitrogen and oxygen atoms in total. The average molecular weight is 598 g/mol. The Morgan fingerprint density at radius 1 is 1.05 bits per heavy atom. The summed E-state index contributed by atoms with van der Waals surface area (Å²) in [5, 5.41) is 13.5. The number of aliphatic carboxylic acids is 1. The second-order valence-corrected chi connectivity index (χ2v) is 10.8. The third-order valence-corrected chi connectivity index (χ3v) is 7.47. The number of amides is 2. The number of hydrogen-bond donors (Lipinski definition) is 2. The molecule has 0 radical (unpaired) electrons. The van der Waals surface area contributed by atoms with Gasteiger partial charge in [0.15, 0.2) is 5.82 Å². The van der Waals surface area contributed by atoms with Gasteiger partial charge in [-0.1, -0.05) is 30.3 Å². The molecule has 43 heavy (non-hydrogen) atoms. The Bertz CT molecular complexity index is 1290. The number of carbonyl (C=O) groups is 4. The van der Waals surface area contributed by atoms with E-state index < -0.39 is 36.0 Å². The van der Waals surface area contributed by atoms with Crippen molar-refractivity contribution in [3.05, 3.63) is 42.1 Å². The first-order valence-corrected chi connectivity index (χ1v) is 14.7. The summed E-state index contributed by atoms with van der Waals surface area (Å²) in [5.74, 6) is -1.62. The Morgan fingerprint density at radius 2 is 1.77 bits per heavy atom. The summed E-state index contributed by atoms with van der Waals surface area (Å²) >= 11 is 0. The number of piperazine rings is 1. The minimum Gasteiger partial charge on any atom is -0.481 e. The van der Waals surface area contributed by atoms with Crippen molar-refractivity contribution in [2.24, 2.45) is 0 Å². The quantitative estimate of drug-likeness (QED) is 0.365. The van der Waals surface area contributed by atoms with Crippen molar-refractivity contribution in [3.63, 3.8) is 0 Å². The Kier molecular flexibility index (Phi) is 10.9. The number of carbonyl (C=O) groups excluding carboxylic acids is 3. The van der Waals surface area contributed by atoms with Gasteiger partial charge in [0, 0.05) is 30.6 Å². The summed E-state index contributed by atoms with van der Waals surface area (Å²) in [5.41, 5.74) is 0.696. The molecule has 0 spiro atoms. The van der Waals surface area contributed by atoms with Gasteiger partial charge in [-0.3, -0.25) is 14.4 Å². The normalized spacial score (nSPS) is 19.8. The summed E-state index contributed by atoms with van der Waals surface area (Å²) in [7, 11) is 0. The standard InChI is InChI=1S/C30H39N5O8/c1-4-41-30(40)43-35-18-19(2)34(17-20(35)3)29(39)23(14-15-26(36)37)32-28(38)24-16-25(42-22-12-8-9-13-22)33-27(31-24)21-10-6-5-7-11-21/h5-7,10-11,16,19-20,22-23H,4,8-9,12-15,17-18H2,1-3H3,(H,32,38)(H,36,37)/t19-,20+,23-/m0/s1. The highest BCUT2D eigenvalue weighted by molar-refractivity contribution is 5.97. The number of nitrogens with one attached hydrogen (secondary N) is 1. The van der Waals surface area contributed by atoms with Gasteiger partial charge in [0.2, 0.25) is 11.8 Å². The van der Waals surface area contributed by atoms with Crippen LogP contribution in [0.1, 0.15) is 69.8 Å². The number of ether oxygens (including phenoxy) is 2. The summed E-state index contributed by atoms with van der Waals surface area (Å²) in [6.45, 7) is 5.80. The average Bonchev–Trinajstić information content (AvgIpc) is 3.50. The fourth-order valence-electron chi connectivity index (χ4n) is 5.22. The molecule has 2 heterocycles. The number of benzene rings is 1. The first-order chi connectivity index (χ1) is 20.6. The Morgan fingerprint density at radius 3 is 2.44 bits per heavy atom. The summed E-state index contributed by atoms with van der Waals surface area (Å²) in [6.07, 6.45) is 2.62. The molecule has 2 fully saturated rings. The highest BCUT2D eigenvalue weighted by Gasteiger charge is 2.38. The molecule has 1 saturated carbocycles. The van der Waals surface area contributed by atoms with Crippen molar-refractivity contribution >= 4 is 23.9 Å². The smallest absolute Gasteiger partial charge is 0.481 e. The van der Waals surface area contributed by atoms with Crippen molar-refractivity contribution < 1.29 is 38.6 Å². The zero-order chi connectivity index (χ0) is 30.9. The van der Waals surface area contributed by atoms with E-state index in [4.69, 9.17) is 14.3 Å². The molecule has 1 aliphatic carbocycles. The van der Waals surface area contributed by atoms with Gasteiger partial charge in [0.1, 0.15) is 17.8 Å². The molecule has 1 aliphatic heterocycles. The van der Waals surface area contributed by atoms with E-state index in [1.54, 1.807) is 25.7 Å². The lowest BCUT2D eigenvalue weighted by Gasteiger charge is -2.43. The maximum atomic E-state index is 13.8. The number of hydrogen-bond acceptors (Lipinski definition) is 10. The first kappa shape index (κ1) is 31.7. The number of carboxylic acids is 1. The Labute approximate surface area is 250 Å². The minimum atomic E-state index is -1.13. The van der Waals surface area contributed by atoms with Crippen LogP contribution in [-0.2, 0) is 19.2 Å². The molecule has 1 saturated heterocycles. The van der Waals surface area contributed by atoms with Gasteiger partial charge < -0.3 is 29.6 Å². The molecule has 3 atom stereocenters. The zero-order valence-corrected chi connectivity index (χ0v) is 24.7. The van der Waals surface area contributed by atoms with Crippen molar-refractivity contribution in [2.75, 3.05) is 19.7 Å². The molecule has 13 heteroatoms. The van der Waals surface area contributed by atoms with Gasteiger partial charge in [-0.15, -0.1) is 5.06 Å². The van der Waals surface area contributed by atoms with Crippen LogP contribution >= 0.6 is 0 Å². The third kappa shape index (κ3) is 8.63. The van der Waals surface area contributed by atoms with Crippen LogP contribution in [0.25, 0.3) is 11.4 Å². The highest BCUT2D eigenvalue weighted by atomic mass is 16.8. The van der Waals surface area contributed by atoms with Crippen molar-refractivity contribution in [1.82, 2.24) is 25.2 Å². The van der Waals surface area contributed by atoms with Gasteiger partial charge in [0.05, 0.1) is 19.2 Å². The van der Waals surface area contributed by atoms with Crippen LogP contribution in [0.4, 0.5) is 4.79 Å². The van der Waals surface area contributed by atoms with Crippen LogP contribution in [-0.4, -0.2) is 92.9 Å². The van der Waals surface area contributed by atoms with E-state index in [0.29, 0.717) is 11.4 Å². The molecule has 1 aromatic carbocycles. The molecule has 2 aromatic rings. The van der Waals surface area contributed by atoms with Gasteiger partial charge in [-0.2, -0.15) is 4.98 Å². The molecule has 4 rings (SSSR count). The van der Waals surface area contributed by atoms with E-state index in [2.05, 4.69) is 15.3 Å². The highest BCUT2D eigenvalue weighted by Crippen LogP contribution is 2.26. The number of nitrogens with zero attached hydrogens (tertiary/aromatic N) is 4. The molecule has 0 bridgehead atoms. The maximum absolute atomic E-state index is 13.8. The van der Waals surface area contributed by atoms with Crippen LogP contribution in [0.5, 0.6) is 5.88 Å². The largest absolute Gasteiger partial charge is 0.527 e. The van der Waals surface area contributed by atoms with Crippen LogP contribution in [0, 0.1) is 0 Å². The van der Waals surface area contributed by atoms with E-state index in [1.165, 1.54) is 11.1 Å². The van der Waals surface area contributed by atoms with E-state index in [0.717, 1.165) is 25.7 Å². The van der Waals surface area contributed by atoms with E-state index in [9.17, 15) is 24.3 Å². The van der Waals surface area contributed by atoms with Crippen LogP contribution in [0.3, 0.4) is 0 Å². The number of carboxylic acid groups (broad SMARTS) is 1. The number of hydroxylamine groups is 2. The summed E-state index contributed by atoms with van der Waals surface area (Å²) in [4.78, 5) is 66.5. The van der Waals surface area contributed by atoms with Gasteiger partial charge >= 0.3 is 12.1 Å². The SMILES string of the molecule is CCOC(=O)ON1C[C@H](C)N(C(=O)[C@H](CCC(=O)O)NC(=O)c2cc(OC3CCCC3)nc(-c3ccccc3)n2)C[C@H]1C. The fourth-order valence-corrected chi connectivity index (χ4v) is 5.22. The van der Waals surface area contributed by atoms with Crippen molar-refractivity contribution in [3.8, 4) is 17.3 Å². The zero-order valence-electron chi connectivity index (χ0n) is 24.7. The van der Waals surface area contributed by atoms with Gasteiger partial charge in [0.25, 0.3) is 5.91 Å². The Hall–Kier alpha value is -4.26. The molecule has 1 aromatic heterocycles. The summed E-state index contributed by atoms with van der Waals surface area (Å²) < 4.78 is 11.0. The molecule has 232 valence electrons. The lowest BCUT2D eigenvalue weighted by atomic mass is 10.1. The second-order valence-electron chi connectivity index (χ2n) is 10.8. The number of rotatable bonds is 11. The van der Waals surface area contributed by atoms with Gasteiger partial charge in [-0.25, -0.2) is 9.78 Å². The van der Waals surface area contributed by atoms with Crippen molar-refractivity contribution in [1.29, 1.82) is 0 Å². The monoisotopic (exact) mass is 597 g/mol. The molecule has 2 N–H and O–H groups in total. The molecule has 0 unspecified atom stereocenters. The first-order valence-electron chi connectivity index (χ1n) is 14.7. The topological polar surface area (TPSA) is 160 Å². The Balaban J connectivity index is 1.54. The van der Waals surface area contributed by atoms with Crippen LogP contribution in [0.2, 0.25) is 0 Å². The van der Waals surface area contributed by atoms with Gasteiger partial charge in [-0.05, 0) is 52.9 Å². The summed E-state index contributed by atoms with van der Waals surface area (Å²) in [6, 6.07) is 8.72. The molecular weight excluding hydrogens is 558 g/mol. The van der Waals surface area contributed by atoms with E-state index >= 15 is 0 Å². The molecule has 2 amide bonds. The van der Waals surface area contributed by atoms with Crippen molar-refractivity contribution in [2.45, 2.75) is 83.5 Å². The van der Waals surface area contributed by atoms with E-state index in [-0.39, 0.29) is 56.3 Å². The van der Waals surface area contributed by atoms with Crippen LogP contribution in [0.15, 0.2) is 36.4 Å². The number of aromatic nitrogens is 2. The van der Waals surface area contributed by atoms with Crippen LogP contribution < -0.4 is 10.1 Å². The fraction of sp³-hybridized carbons (Fsp3) is 0.533. The molecular formula is C30H39N5O8. The maximum Gasteiger partial charge on any atom is 0.527 e. The lowest BCUT2D eigenvalue weighted by molar-refractivity contribution is -0.186. The predicted octanol–water partition coefficient (Wildman–Crippen LogP) is 3.44. The lowest BCUT2D eigenvalue weighted by Crippen LogP contribution is -2.61. The second kappa shape index (κ2) is 14.8. The van der Waals surface area contributed by atoms with E-state index in [1.807, 2.05) is 30.3 Å².